The zero-order valence-corrected chi connectivity index (χ0v) is 11.6. The summed E-state index contributed by atoms with van der Waals surface area (Å²) in [7, 11) is 1.63. The number of rotatable bonds is 6. The number of hydrogen-bond donors (Lipinski definition) is 3. The highest BCUT2D eigenvalue weighted by Crippen LogP contribution is 2.13. The third kappa shape index (κ3) is 8.80. The van der Waals surface area contributed by atoms with E-state index in [2.05, 4.69) is 5.32 Å². The average Bonchev–Trinajstić information content (AvgIpc) is 2.44. The first-order valence-electron chi connectivity index (χ1n) is 6.06. The van der Waals surface area contributed by atoms with Gasteiger partial charge in [-0.2, -0.15) is 13.2 Å². The Morgan fingerprint density at radius 1 is 1.23 bits per heavy atom. The summed E-state index contributed by atoms with van der Waals surface area (Å²) in [6, 6.07) is 8.79. The van der Waals surface area contributed by atoms with Gasteiger partial charge >= 0.3 is 18.1 Å². The molecule has 3 N–H and O–H groups in total. The highest BCUT2D eigenvalue weighted by molar-refractivity contribution is 5.73. The van der Waals surface area contributed by atoms with Crippen LogP contribution in [0.5, 0.6) is 5.75 Å². The van der Waals surface area contributed by atoms with E-state index < -0.39 is 24.2 Å². The van der Waals surface area contributed by atoms with Crippen molar-refractivity contribution in [2.45, 2.75) is 18.6 Å². The van der Waals surface area contributed by atoms with Crippen LogP contribution in [0.3, 0.4) is 0 Å². The fourth-order valence-electron chi connectivity index (χ4n) is 1.20. The molecule has 0 bridgehead atoms. The second-order valence-electron chi connectivity index (χ2n) is 3.93. The molecule has 0 radical (unpaired) electrons. The molecule has 0 aliphatic carbocycles. The fraction of sp³-hybridized carbons (Fsp3) is 0.385. The molecular formula is C13H16F3NO5. The first kappa shape index (κ1) is 19.7. The molecule has 0 heterocycles. The molecule has 0 aliphatic heterocycles. The van der Waals surface area contributed by atoms with Crippen LogP contribution in [0.1, 0.15) is 6.42 Å². The minimum absolute atomic E-state index is 0.391. The van der Waals surface area contributed by atoms with Crippen LogP contribution in [-0.4, -0.2) is 48.0 Å². The van der Waals surface area contributed by atoms with Gasteiger partial charge in [-0.1, -0.05) is 18.2 Å². The van der Waals surface area contributed by atoms with Gasteiger partial charge in [-0.3, -0.25) is 4.79 Å². The van der Waals surface area contributed by atoms with Crippen LogP contribution >= 0.6 is 0 Å². The molecule has 0 amide bonds. The number of carboxylic acid groups (broad SMARTS) is 2. The Bertz CT molecular complexity index is 464. The van der Waals surface area contributed by atoms with Crippen molar-refractivity contribution in [2.24, 2.45) is 0 Å². The Hall–Kier alpha value is -2.29. The molecule has 0 aliphatic rings. The maximum atomic E-state index is 10.7. The lowest BCUT2D eigenvalue weighted by molar-refractivity contribution is -0.192. The Morgan fingerprint density at radius 3 is 2.09 bits per heavy atom. The van der Waals surface area contributed by atoms with Gasteiger partial charge in [0.05, 0.1) is 6.61 Å². The smallest absolute Gasteiger partial charge is 0.490 e. The summed E-state index contributed by atoms with van der Waals surface area (Å²) in [5.41, 5.74) is 0. The Balaban J connectivity index is 0.000000534. The Labute approximate surface area is 124 Å². The van der Waals surface area contributed by atoms with Crippen LogP contribution in [0.4, 0.5) is 13.2 Å². The molecule has 6 nitrogen and oxygen atoms in total. The van der Waals surface area contributed by atoms with Gasteiger partial charge < -0.3 is 20.3 Å². The molecule has 0 spiro atoms. The summed E-state index contributed by atoms with van der Waals surface area (Å²) >= 11 is 0. The number of alkyl halides is 3. The van der Waals surface area contributed by atoms with Crippen LogP contribution < -0.4 is 10.1 Å². The molecule has 1 aromatic rings. The van der Waals surface area contributed by atoms with Gasteiger partial charge in [0.25, 0.3) is 0 Å². The number of para-hydroxylation sites is 1. The van der Waals surface area contributed by atoms with Crippen molar-refractivity contribution < 1.29 is 37.7 Å². The van der Waals surface area contributed by atoms with Crippen LogP contribution in [0.15, 0.2) is 30.3 Å². The molecule has 1 aromatic carbocycles. The lowest BCUT2D eigenvalue weighted by atomic mass is 10.2. The number of aliphatic carboxylic acids is 2. The molecule has 0 aromatic heterocycles. The molecule has 1 rings (SSSR count). The standard InChI is InChI=1S/C11H15NO3.C2HF3O2/c1-12-10(11(13)14)7-8-15-9-5-3-2-4-6-9;3-2(4,5)1(6)7/h2-6,10,12H,7-8H2,1H3,(H,13,14);(H,6,7)/t10-;/m1./s1. The summed E-state index contributed by atoms with van der Waals surface area (Å²) in [4.78, 5) is 19.6. The molecule has 124 valence electrons. The minimum atomic E-state index is -5.08. The van der Waals surface area contributed by atoms with Gasteiger partial charge in [0, 0.05) is 6.42 Å². The molecular weight excluding hydrogens is 307 g/mol. The Kier molecular flexibility index (Phi) is 8.61. The number of carboxylic acids is 2. The number of benzene rings is 1. The van der Waals surface area contributed by atoms with Crippen molar-refractivity contribution in [1.29, 1.82) is 0 Å². The van der Waals surface area contributed by atoms with E-state index in [0.717, 1.165) is 5.75 Å². The topological polar surface area (TPSA) is 95.9 Å². The van der Waals surface area contributed by atoms with Crippen molar-refractivity contribution in [3.05, 3.63) is 30.3 Å². The quantitative estimate of drug-likeness (QED) is 0.738. The average molecular weight is 323 g/mol. The van der Waals surface area contributed by atoms with Crippen LogP contribution in [0, 0.1) is 0 Å². The normalized spacial score (nSPS) is 11.8. The van der Waals surface area contributed by atoms with Gasteiger partial charge in [-0.15, -0.1) is 0 Å². The lowest BCUT2D eigenvalue weighted by Crippen LogP contribution is -2.35. The number of nitrogens with one attached hydrogen (secondary N) is 1. The van der Waals surface area contributed by atoms with Crippen LogP contribution in [0.2, 0.25) is 0 Å². The molecule has 0 unspecified atom stereocenters. The maximum absolute atomic E-state index is 10.7. The van der Waals surface area contributed by atoms with E-state index in [-0.39, 0.29) is 0 Å². The highest BCUT2D eigenvalue weighted by atomic mass is 19.4. The summed E-state index contributed by atoms with van der Waals surface area (Å²) in [5.74, 6) is -2.85. The third-order valence-corrected chi connectivity index (χ3v) is 2.31. The summed E-state index contributed by atoms with van der Waals surface area (Å²) in [6.45, 7) is 0.391. The number of halogens is 3. The van der Waals surface area contributed by atoms with Gasteiger partial charge in [-0.05, 0) is 19.2 Å². The summed E-state index contributed by atoms with van der Waals surface area (Å²) < 4.78 is 37.1. The van der Waals surface area contributed by atoms with E-state index in [1.165, 1.54) is 0 Å². The predicted octanol–water partition coefficient (Wildman–Crippen LogP) is 1.76. The minimum Gasteiger partial charge on any atom is -0.494 e. The third-order valence-electron chi connectivity index (χ3n) is 2.31. The van der Waals surface area contributed by atoms with E-state index in [1.807, 2.05) is 30.3 Å². The van der Waals surface area contributed by atoms with Crippen molar-refractivity contribution >= 4 is 11.9 Å². The van der Waals surface area contributed by atoms with Crippen molar-refractivity contribution in [3.8, 4) is 5.75 Å². The maximum Gasteiger partial charge on any atom is 0.490 e. The molecule has 1 atom stereocenters. The van der Waals surface area contributed by atoms with Gasteiger partial charge in [0.1, 0.15) is 11.8 Å². The monoisotopic (exact) mass is 323 g/mol. The van der Waals surface area contributed by atoms with E-state index in [4.69, 9.17) is 19.7 Å². The lowest BCUT2D eigenvalue weighted by Gasteiger charge is -2.11. The second-order valence-corrected chi connectivity index (χ2v) is 3.93. The largest absolute Gasteiger partial charge is 0.494 e. The van der Waals surface area contributed by atoms with Crippen LogP contribution in [-0.2, 0) is 9.59 Å². The Morgan fingerprint density at radius 2 is 1.73 bits per heavy atom. The van der Waals surface area contributed by atoms with Crippen molar-refractivity contribution in [3.63, 3.8) is 0 Å². The highest BCUT2D eigenvalue weighted by Gasteiger charge is 2.38. The van der Waals surface area contributed by atoms with E-state index >= 15 is 0 Å². The molecule has 0 saturated heterocycles. The number of ether oxygens (including phenoxy) is 1. The number of hydrogen-bond acceptors (Lipinski definition) is 4. The van der Waals surface area contributed by atoms with E-state index in [9.17, 15) is 18.0 Å². The van der Waals surface area contributed by atoms with E-state index in [1.54, 1.807) is 7.05 Å². The molecule has 0 fully saturated rings. The summed E-state index contributed by atoms with van der Waals surface area (Å²) in [5, 5.41) is 18.6. The number of carbonyl (C=O) groups is 2. The van der Waals surface area contributed by atoms with Crippen molar-refractivity contribution in [2.75, 3.05) is 13.7 Å². The van der Waals surface area contributed by atoms with Crippen molar-refractivity contribution in [1.82, 2.24) is 5.32 Å². The van der Waals surface area contributed by atoms with Gasteiger partial charge in [0.15, 0.2) is 0 Å². The second kappa shape index (κ2) is 9.61. The first-order valence-corrected chi connectivity index (χ1v) is 6.06. The zero-order chi connectivity index (χ0) is 17.2. The zero-order valence-electron chi connectivity index (χ0n) is 11.6. The molecule has 9 heteroatoms. The van der Waals surface area contributed by atoms with Gasteiger partial charge in [0.2, 0.25) is 0 Å². The predicted molar refractivity (Wildman–Crippen MR) is 70.7 cm³/mol. The van der Waals surface area contributed by atoms with E-state index in [0.29, 0.717) is 13.0 Å². The first-order chi connectivity index (χ1) is 10.2. The van der Waals surface area contributed by atoms with Gasteiger partial charge in [-0.25, -0.2) is 4.79 Å². The SMILES string of the molecule is CN[C@H](CCOc1ccccc1)C(=O)O.O=C(O)C(F)(F)F. The summed E-state index contributed by atoms with van der Waals surface area (Å²) in [6.07, 6.45) is -4.64. The van der Waals surface area contributed by atoms with Crippen LogP contribution in [0.25, 0.3) is 0 Å². The molecule has 0 saturated carbocycles. The fourth-order valence-corrected chi connectivity index (χ4v) is 1.20. The number of likely N-dealkylation sites (N-methyl/N-ethyl adjacent to an activating group) is 1. The molecule has 22 heavy (non-hydrogen) atoms.